The number of benzene rings is 2. The van der Waals surface area contributed by atoms with Crippen LogP contribution in [0.4, 0.5) is 17.1 Å². The minimum absolute atomic E-state index is 0.107. The van der Waals surface area contributed by atoms with E-state index in [0.717, 1.165) is 0 Å². The molecule has 0 aliphatic carbocycles. The Morgan fingerprint density at radius 2 is 1.65 bits per heavy atom. The summed E-state index contributed by atoms with van der Waals surface area (Å²) in [4.78, 5) is 19.6. The van der Waals surface area contributed by atoms with Crippen molar-refractivity contribution in [1.82, 2.24) is 0 Å². The molecule has 10 nitrogen and oxygen atoms in total. The number of nitrogen functional groups attached to an aromatic ring is 1. The van der Waals surface area contributed by atoms with Crippen LogP contribution in [0.15, 0.2) is 41.3 Å². The second kappa shape index (κ2) is 5.62. The van der Waals surface area contributed by atoms with Gasteiger partial charge >= 0.3 is 0 Å². The van der Waals surface area contributed by atoms with Gasteiger partial charge in [-0.15, -0.1) is 0 Å². The third kappa shape index (κ3) is 3.25. The Bertz CT molecular complexity index is 925. The number of hydrogen-bond acceptors (Lipinski definition) is 7. The molecule has 4 N–H and O–H groups in total. The quantitative estimate of drug-likeness (QED) is 0.481. The molecular weight excluding hydrogens is 328 g/mol. The fraction of sp³-hybridized carbons (Fsp3) is 0. The summed E-state index contributed by atoms with van der Waals surface area (Å²) in [6, 6.07) is 7.01. The summed E-state index contributed by atoms with van der Waals surface area (Å²) < 4.78 is 23.5. The van der Waals surface area contributed by atoms with Gasteiger partial charge in [0.1, 0.15) is 4.90 Å². The fourth-order valence-corrected chi connectivity index (χ4v) is 2.84. The first kappa shape index (κ1) is 16.3. The molecule has 0 aliphatic heterocycles. The van der Waals surface area contributed by atoms with Crippen LogP contribution in [-0.2, 0) is 10.0 Å². The molecule has 0 saturated carbocycles. The van der Waals surface area contributed by atoms with E-state index in [1.807, 2.05) is 0 Å². The molecule has 0 spiro atoms. The summed E-state index contributed by atoms with van der Waals surface area (Å²) >= 11 is 0. The highest BCUT2D eigenvalue weighted by Crippen LogP contribution is 2.39. The summed E-state index contributed by atoms with van der Waals surface area (Å²) in [6.45, 7) is 0. The second-order valence-corrected chi connectivity index (χ2v) is 6.05. The van der Waals surface area contributed by atoms with E-state index >= 15 is 0 Å². The van der Waals surface area contributed by atoms with Crippen molar-refractivity contribution in [2.24, 2.45) is 5.14 Å². The SMILES string of the molecule is Nc1cccc(-c2c([N+](=O)[O-])cc([N+](=O)[O-])cc2S(N)(=O)=O)c1. The first-order chi connectivity index (χ1) is 10.6. The van der Waals surface area contributed by atoms with Gasteiger partial charge in [-0.1, -0.05) is 12.1 Å². The molecule has 23 heavy (non-hydrogen) atoms. The normalized spacial score (nSPS) is 11.2. The number of nitro groups is 2. The van der Waals surface area contributed by atoms with Crippen LogP contribution < -0.4 is 10.9 Å². The Labute approximate surface area is 129 Å². The van der Waals surface area contributed by atoms with E-state index in [2.05, 4.69) is 0 Å². The maximum Gasteiger partial charge on any atom is 0.285 e. The van der Waals surface area contributed by atoms with Crippen molar-refractivity contribution >= 4 is 27.1 Å². The highest BCUT2D eigenvalue weighted by atomic mass is 32.2. The van der Waals surface area contributed by atoms with Crippen molar-refractivity contribution in [3.63, 3.8) is 0 Å². The van der Waals surface area contributed by atoms with Crippen LogP contribution in [0, 0.1) is 20.2 Å². The largest absolute Gasteiger partial charge is 0.399 e. The van der Waals surface area contributed by atoms with E-state index in [1.54, 1.807) is 0 Å². The zero-order valence-electron chi connectivity index (χ0n) is 11.4. The lowest BCUT2D eigenvalue weighted by Gasteiger charge is -2.09. The smallest absolute Gasteiger partial charge is 0.285 e. The van der Waals surface area contributed by atoms with Crippen molar-refractivity contribution in [3.8, 4) is 11.1 Å². The molecule has 0 amide bonds. The average molecular weight is 338 g/mol. The molecule has 0 unspecified atom stereocenters. The van der Waals surface area contributed by atoms with Gasteiger partial charge in [0.2, 0.25) is 10.0 Å². The first-order valence-electron chi connectivity index (χ1n) is 5.97. The van der Waals surface area contributed by atoms with Crippen LogP contribution in [0.25, 0.3) is 11.1 Å². The van der Waals surface area contributed by atoms with Gasteiger partial charge in [0, 0.05) is 11.8 Å². The molecule has 0 atom stereocenters. The Hall–Kier alpha value is -3.05. The van der Waals surface area contributed by atoms with Crippen LogP contribution in [-0.4, -0.2) is 18.3 Å². The van der Waals surface area contributed by atoms with Gasteiger partial charge < -0.3 is 5.73 Å². The number of non-ortho nitro benzene ring substituents is 1. The Morgan fingerprint density at radius 3 is 2.13 bits per heavy atom. The minimum Gasteiger partial charge on any atom is -0.399 e. The van der Waals surface area contributed by atoms with Gasteiger partial charge in [0.15, 0.2) is 0 Å². The molecule has 11 heteroatoms. The number of sulfonamides is 1. The lowest BCUT2D eigenvalue weighted by Crippen LogP contribution is -2.15. The van der Waals surface area contributed by atoms with Gasteiger partial charge in [-0.05, 0) is 17.7 Å². The molecule has 0 aromatic heterocycles. The van der Waals surface area contributed by atoms with Crippen LogP contribution in [0.3, 0.4) is 0 Å². The van der Waals surface area contributed by atoms with Crippen LogP contribution >= 0.6 is 0 Å². The summed E-state index contributed by atoms with van der Waals surface area (Å²) in [5.41, 5.74) is 4.08. The molecule has 0 heterocycles. The predicted molar refractivity (Wildman–Crippen MR) is 81.0 cm³/mol. The van der Waals surface area contributed by atoms with Crippen molar-refractivity contribution in [1.29, 1.82) is 0 Å². The number of nitrogens with two attached hydrogens (primary N) is 2. The van der Waals surface area contributed by atoms with Crippen LogP contribution in [0.5, 0.6) is 0 Å². The lowest BCUT2D eigenvalue weighted by molar-refractivity contribution is -0.394. The second-order valence-electron chi connectivity index (χ2n) is 4.52. The number of primary sulfonamides is 1. The standard InChI is InChI=1S/C12H10N4O6S/c13-8-3-1-2-7(4-8)12-10(16(19)20)5-9(15(17)18)6-11(12)23(14,21)22/h1-6H,13H2,(H2,14,21,22). The zero-order chi connectivity index (χ0) is 17.4. The van der Waals surface area contributed by atoms with E-state index < -0.39 is 36.1 Å². The molecule has 0 saturated heterocycles. The number of hydrogen-bond donors (Lipinski definition) is 2. The molecule has 0 radical (unpaired) electrons. The van der Waals surface area contributed by atoms with Crippen LogP contribution in [0.1, 0.15) is 0 Å². The van der Waals surface area contributed by atoms with Crippen molar-refractivity contribution in [2.45, 2.75) is 4.90 Å². The molecular formula is C12H10N4O6S. The van der Waals surface area contributed by atoms with Gasteiger partial charge in [-0.25, -0.2) is 13.6 Å². The Balaban J connectivity index is 2.98. The summed E-state index contributed by atoms with van der Waals surface area (Å²) in [7, 11) is -4.46. The van der Waals surface area contributed by atoms with E-state index in [4.69, 9.17) is 10.9 Å². The Morgan fingerprint density at radius 1 is 1.00 bits per heavy atom. The number of anilines is 1. The number of rotatable bonds is 4. The van der Waals surface area contributed by atoms with Gasteiger partial charge in [0.25, 0.3) is 11.4 Å². The highest BCUT2D eigenvalue weighted by Gasteiger charge is 2.29. The average Bonchev–Trinajstić information content (AvgIpc) is 2.44. The summed E-state index contributed by atoms with van der Waals surface area (Å²) in [5, 5.41) is 27.2. The van der Waals surface area contributed by atoms with Crippen molar-refractivity contribution < 1.29 is 18.3 Å². The van der Waals surface area contributed by atoms with E-state index in [-0.39, 0.29) is 16.8 Å². The molecule has 0 aliphatic rings. The van der Waals surface area contributed by atoms with Gasteiger partial charge in [-0.3, -0.25) is 20.2 Å². The van der Waals surface area contributed by atoms with E-state index in [1.165, 1.54) is 24.3 Å². The minimum atomic E-state index is -4.46. The maximum atomic E-state index is 11.8. The summed E-state index contributed by atoms with van der Waals surface area (Å²) in [5.74, 6) is 0. The summed E-state index contributed by atoms with van der Waals surface area (Å²) in [6.07, 6.45) is 0. The van der Waals surface area contributed by atoms with Gasteiger partial charge in [-0.2, -0.15) is 0 Å². The third-order valence-corrected chi connectivity index (χ3v) is 3.89. The highest BCUT2D eigenvalue weighted by molar-refractivity contribution is 7.89. The number of nitro benzene ring substituents is 2. The zero-order valence-corrected chi connectivity index (χ0v) is 12.2. The first-order valence-corrected chi connectivity index (χ1v) is 7.51. The number of nitrogens with zero attached hydrogens (tertiary/aromatic N) is 2. The molecule has 0 bridgehead atoms. The topological polar surface area (TPSA) is 172 Å². The van der Waals surface area contributed by atoms with Gasteiger partial charge in [0.05, 0.1) is 21.5 Å². The fourth-order valence-electron chi connectivity index (χ4n) is 2.04. The van der Waals surface area contributed by atoms with Crippen LogP contribution in [0.2, 0.25) is 0 Å². The Kier molecular flexibility index (Phi) is 3.99. The predicted octanol–water partition coefficient (Wildman–Crippen LogP) is 1.40. The third-order valence-electron chi connectivity index (χ3n) is 2.96. The maximum absolute atomic E-state index is 11.8. The molecule has 2 aromatic rings. The van der Waals surface area contributed by atoms with Crippen molar-refractivity contribution in [2.75, 3.05) is 5.73 Å². The molecule has 2 rings (SSSR count). The molecule has 120 valence electrons. The van der Waals surface area contributed by atoms with Crippen molar-refractivity contribution in [3.05, 3.63) is 56.6 Å². The lowest BCUT2D eigenvalue weighted by atomic mass is 10.0. The van der Waals surface area contributed by atoms with E-state index in [0.29, 0.717) is 12.1 Å². The molecule has 0 fully saturated rings. The molecule has 2 aromatic carbocycles. The monoisotopic (exact) mass is 338 g/mol. The van der Waals surface area contributed by atoms with E-state index in [9.17, 15) is 28.6 Å².